The highest BCUT2D eigenvalue weighted by atomic mass is 19.4. The SMILES string of the molecule is N[C@@H]1CCCC[C@H]1Oc1ccc(C(F)(F)F)cc1. The minimum Gasteiger partial charge on any atom is -0.489 e. The van der Waals surface area contributed by atoms with E-state index in [0.29, 0.717) is 5.75 Å². The average Bonchev–Trinajstić information content (AvgIpc) is 2.32. The van der Waals surface area contributed by atoms with Crippen LogP contribution in [-0.2, 0) is 6.18 Å². The van der Waals surface area contributed by atoms with Crippen molar-refractivity contribution in [2.45, 2.75) is 44.0 Å². The molecule has 0 unspecified atom stereocenters. The van der Waals surface area contributed by atoms with E-state index in [-0.39, 0.29) is 12.1 Å². The molecule has 2 rings (SSSR count). The summed E-state index contributed by atoms with van der Waals surface area (Å²) in [5.74, 6) is 0.449. The standard InChI is InChI=1S/C13H16F3NO/c14-13(15,16)9-5-7-10(8-6-9)18-12-4-2-1-3-11(12)17/h5-8,11-12H,1-4,17H2/t11-,12-/m1/s1. The van der Waals surface area contributed by atoms with Gasteiger partial charge in [-0.2, -0.15) is 13.2 Å². The van der Waals surface area contributed by atoms with Gasteiger partial charge in [0.05, 0.1) is 5.56 Å². The van der Waals surface area contributed by atoms with Crippen LogP contribution in [0.3, 0.4) is 0 Å². The van der Waals surface area contributed by atoms with Gasteiger partial charge in [-0.25, -0.2) is 0 Å². The van der Waals surface area contributed by atoms with Gasteiger partial charge in [-0.15, -0.1) is 0 Å². The number of ether oxygens (including phenoxy) is 1. The predicted molar refractivity (Wildman–Crippen MR) is 62.3 cm³/mol. The normalized spacial score (nSPS) is 24.9. The minimum absolute atomic E-state index is 0.0268. The maximum absolute atomic E-state index is 12.4. The summed E-state index contributed by atoms with van der Waals surface area (Å²) >= 11 is 0. The fourth-order valence-electron chi connectivity index (χ4n) is 2.17. The molecule has 0 saturated heterocycles. The molecule has 0 spiro atoms. The summed E-state index contributed by atoms with van der Waals surface area (Å²) < 4.78 is 42.8. The van der Waals surface area contributed by atoms with Gasteiger partial charge in [0.1, 0.15) is 11.9 Å². The molecule has 0 aliphatic heterocycles. The van der Waals surface area contributed by atoms with E-state index in [1.165, 1.54) is 12.1 Å². The van der Waals surface area contributed by atoms with Gasteiger partial charge in [-0.3, -0.25) is 0 Å². The Morgan fingerprint density at radius 3 is 2.22 bits per heavy atom. The molecule has 0 aromatic heterocycles. The molecule has 2 N–H and O–H groups in total. The Hall–Kier alpha value is -1.23. The summed E-state index contributed by atoms with van der Waals surface area (Å²) in [6, 6.07) is 4.74. The summed E-state index contributed by atoms with van der Waals surface area (Å²) in [5, 5.41) is 0. The van der Waals surface area contributed by atoms with Crippen molar-refractivity contribution >= 4 is 0 Å². The lowest BCUT2D eigenvalue weighted by molar-refractivity contribution is -0.137. The smallest absolute Gasteiger partial charge is 0.416 e. The van der Waals surface area contributed by atoms with Crippen LogP contribution >= 0.6 is 0 Å². The van der Waals surface area contributed by atoms with Crippen molar-refractivity contribution < 1.29 is 17.9 Å². The molecule has 100 valence electrons. The van der Waals surface area contributed by atoms with Gasteiger partial charge in [-0.05, 0) is 43.5 Å². The Morgan fingerprint density at radius 1 is 1.06 bits per heavy atom. The molecule has 2 atom stereocenters. The Morgan fingerprint density at radius 2 is 1.67 bits per heavy atom. The Kier molecular flexibility index (Phi) is 3.80. The van der Waals surface area contributed by atoms with Gasteiger partial charge in [0.15, 0.2) is 0 Å². The van der Waals surface area contributed by atoms with Crippen molar-refractivity contribution in [3.63, 3.8) is 0 Å². The first-order valence-electron chi connectivity index (χ1n) is 6.06. The lowest BCUT2D eigenvalue weighted by atomic mass is 9.93. The van der Waals surface area contributed by atoms with Gasteiger partial charge >= 0.3 is 6.18 Å². The highest BCUT2D eigenvalue weighted by Crippen LogP contribution is 2.31. The average molecular weight is 259 g/mol. The van der Waals surface area contributed by atoms with Crippen molar-refractivity contribution in [1.29, 1.82) is 0 Å². The van der Waals surface area contributed by atoms with Crippen LogP contribution < -0.4 is 10.5 Å². The molecule has 18 heavy (non-hydrogen) atoms. The minimum atomic E-state index is -4.31. The summed E-state index contributed by atoms with van der Waals surface area (Å²) in [5.41, 5.74) is 5.26. The number of rotatable bonds is 2. The fourth-order valence-corrected chi connectivity index (χ4v) is 2.17. The van der Waals surface area contributed by atoms with Gasteiger partial charge < -0.3 is 10.5 Å². The molecule has 1 saturated carbocycles. The Bertz CT molecular complexity index is 388. The van der Waals surface area contributed by atoms with E-state index in [2.05, 4.69) is 0 Å². The quantitative estimate of drug-likeness (QED) is 0.884. The number of alkyl halides is 3. The third-order valence-electron chi connectivity index (χ3n) is 3.22. The lowest BCUT2D eigenvalue weighted by Crippen LogP contribution is -2.41. The second kappa shape index (κ2) is 5.18. The monoisotopic (exact) mass is 259 g/mol. The molecular weight excluding hydrogens is 243 g/mol. The largest absolute Gasteiger partial charge is 0.489 e. The predicted octanol–water partition coefficient (Wildman–Crippen LogP) is 3.35. The maximum Gasteiger partial charge on any atom is 0.416 e. The molecule has 2 nitrogen and oxygen atoms in total. The van der Waals surface area contributed by atoms with Crippen LogP contribution in [0.25, 0.3) is 0 Å². The van der Waals surface area contributed by atoms with Crippen LogP contribution in [0.5, 0.6) is 5.75 Å². The maximum atomic E-state index is 12.4. The number of benzene rings is 1. The summed E-state index contributed by atoms with van der Waals surface area (Å²) in [6.07, 6.45) is -0.476. The van der Waals surface area contributed by atoms with Crippen molar-refractivity contribution in [2.24, 2.45) is 5.73 Å². The Labute approximate surface area is 104 Å². The van der Waals surface area contributed by atoms with Crippen LogP contribution in [0.1, 0.15) is 31.2 Å². The molecule has 0 amide bonds. The summed E-state index contributed by atoms with van der Waals surface area (Å²) in [4.78, 5) is 0. The first kappa shape index (κ1) is 13.2. The number of nitrogens with two attached hydrogens (primary N) is 1. The highest BCUT2D eigenvalue weighted by Gasteiger charge is 2.30. The van der Waals surface area contributed by atoms with E-state index in [0.717, 1.165) is 37.8 Å². The molecule has 0 heterocycles. The van der Waals surface area contributed by atoms with Crippen LogP contribution in [0.2, 0.25) is 0 Å². The Balaban J connectivity index is 2.02. The molecule has 1 aromatic rings. The third kappa shape index (κ3) is 3.16. The number of hydrogen-bond acceptors (Lipinski definition) is 2. The molecule has 1 fully saturated rings. The number of halogens is 3. The fraction of sp³-hybridized carbons (Fsp3) is 0.538. The molecular formula is C13H16F3NO. The van der Waals surface area contributed by atoms with Crippen LogP contribution in [0.15, 0.2) is 24.3 Å². The van der Waals surface area contributed by atoms with E-state index >= 15 is 0 Å². The lowest BCUT2D eigenvalue weighted by Gasteiger charge is -2.29. The second-order valence-corrected chi connectivity index (χ2v) is 4.63. The zero-order valence-corrected chi connectivity index (χ0v) is 9.91. The molecule has 5 heteroatoms. The second-order valence-electron chi connectivity index (χ2n) is 4.63. The molecule has 1 aromatic carbocycles. The topological polar surface area (TPSA) is 35.2 Å². The van der Waals surface area contributed by atoms with Crippen molar-refractivity contribution in [3.8, 4) is 5.75 Å². The molecule has 0 bridgehead atoms. The van der Waals surface area contributed by atoms with Crippen LogP contribution in [0.4, 0.5) is 13.2 Å². The van der Waals surface area contributed by atoms with Crippen LogP contribution in [-0.4, -0.2) is 12.1 Å². The van der Waals surface area contributed by atoms with Gasteiger partial charge in [-0.1, -0.05) is 6.42 Å². The van der Waals surface area contributed by atoms with E-state index in [4.69, 9.17) is 10.5 Å². The first-order valence-corrected chi connectivity index (χ1v) is 6.06. The highest BCUT2D eigenvalue weighted by molar-refractivity contribution is 5.29. The summed E-state index contributed by atoms with van der Waals surface area (Å²) in [6.45, 7) is 0. The third-order valence-corrected chi connectivity index (χ3v) is 3.22. The summed E-state index contributed by atoms with van der Waals surface area (Å²) in [7, 11) is 0. The van der Waals surface area contributed by atoms with Gasteiger partial charge in [0.25, 0.3) is 0 Å². The number of hydrogen-bond donors (Lipinski definition) is 1. The van der Waals surface area contributed by atoms with Crippen LogP contribution in [0, 0.1) is 0 Å². The van der Waals surface area contributed by atoms with Crippen molar-refractivity contribution in [2.75, 3.05) is 0 Å². The molecule has 1 aliphatic carbocycles. The van der Waals surface area contributed by atoms with Crippen molar-refractivity contribution in [3.05, 3.63) is 29.8 Å². The molecule has 1 aliphatic rings. The van der Waals surface area contributed by atoms with E-state index in [1.54, 1.807) is 0 Å². The van der Waals surface area contributed by atoms with E-state index in [9.17, 15) is 13.2 Å². The van der Waals surface area contributed by atoms with E-state index < -0.39 is 11.7 Å². The zero-order chi connectivity index (χ0) is 13.2. The van der Waals surface area contributed by atoms with E-state index in [1.807, 2.05) is 0 Å². The first-order chi connectivity index (χ1) is 8.47. The van der Waals surface area contributed by atoms with Crippen molar-refractivity contribution in [1.82, 2.24) is 0 Å². The zero-order valence-electron chi connectivity index (χ0n) is 9.91. The molecule has 0 radical (unpaired) electrons. The van der Waals surface area contributed by atoms with Gasteiger partial charge in [0, 0.05) is 6.04 Å². The van der Waals surface area contributed by atoms with Gasteiger partial charge in [0.2, 0.25) is 0 Å².